The molecule has 3 heteroatoms. The minimum atomic E-state index is -0.264. The van der Waals surface area contributed by atoms with Crippen LogP contribution in [-0.2, 0) is 4.79 Å². The Morgan fingerprint density at radius 2 is 1.73 bits per heavy atom. The molecule has 0 saturated carbocycles. The molecule has 26 heavy (non-hydrogen) atoms. The molecule has 0 fully saturated rings. The predicted octanol–water partition coefficient (Wildman–Crippen LogP) is 5.65. The molecule has 2 aliphatic rings. The molecule has 0 bridgehead atoms. The first-order valence-corrected chi connectivity index (χ1v) is 9.03. The second-order valence-electron chi connectivity index (χ2n) is 7.01. The first-order valence-electron chi connectivity index (χ1n) is 9.03. The number of hydrogen-bond donors (Lipinski definition) is 1. The summed E-state index contributed by atoms with van der Waals surface area (Å²) in [4.78, 5) is 12.9. The Morgan fingerprint density at radius 1 is 0.923 bits per heavy atom. The number of rotatable bonds is 1. The third-order valence-corrected chi connectivity index (χ3v) is 5.48. The number of Topliss-reactive ketones (excluding diaryl/α,β-unsaturated/α-hetero) is 1. The van der Waals surface area contributed by atoms with Crippen LogP contribution in [0.1, 0.15) is 36.4 Å². The van der Waals surface area contributed by atoms with Crippen LogP contribution in [0.25, 0.3) is 16.3 Å². The maximum absolute atomic E-state index is 13.4. The van der Waals surface area contributed by atoms with Crippen molar-refractivity contribution in [2.24, 2.45) is 0 Å². The van der Waals surface area contributed by atoms with Crippen molar-refractivity contribution in [3.63, 3.8) is 0 Å². The molecule has 0 amide bonds. The van der Waals surface area contributed by atoms with Crippen molar-refractivity contribution in [3.05, 3.63) is 83.2 Å². The van der Waals surface area contributed by atoms with Crippen LogP contribution in [0, 0.1) is 5.82 Å². The standard InChI is InChI=1S/C23H18FNO/c24-16-11-8-15(9-12-16)23-22-18(6-3-7-20(22)26)21-17-5-2-1-4-14(17)10-13-19(21)25-23/h1-2,4-5,8-13,23,25H,3,6-7H2/t23-/m0/s1. The van der Waals surface area contributed by atoms with Crippen molar-refractivity contribution >= 4 is 27.8 Å². The minimum absolute atomic E-state index is 0.201. The van der Waals surface area contributed by atoms with Gasteiger partial charge >= 0.3 is 0 Å². The van der Waals surface area contributed by atoms with Crippen LogP contribution >= 0.6 is 0 Å². The molecular weight excluding hydrogens is 325 g/mol. The fourth-order valence-electron chi connectivity index (χ4n) is 4.31. The summed E-state index contributed by atoms with van der Waals surface area (Å²) in [6, 6.07) is 18.7. The van der Waals surface area contributed by atoms with E-state index in [1.54, 1.807) is 12.1 Å². The lowest BCUT2D eigenvalue weighted by Crippen LogP contribution is -2.27. The highest BCUT2D eigenvalue weighted by atomic mass is 19.1. The number of ketones is 1. The van der Waals surface area contributed by atoms with Gasteiger partial charge in [0.25, 0.3) is 0 Å². The van der Waals surface area contributed by atoms with E-state index in [2.05, 4.69) is 29.6 Å². The van der Waals surface area contributed by atoms with Gasteiger partial charge in [0.1, 0.15) is 5.82 Å². The van der Waals surface area contributed by atoms with E-state index in [9.17, 15) is 9.18 Å². The van der Waals surface area contributed by atoms with Gasteiger partial charge in [-0.3, -0.25) is 4.79 Å². The van der Waals surface area contributed by atoms with Gasteiger partial charge in [0.2, 0.25) is 0 Å². The molecule has 0 saturated heterocycles. The minimum Gasteiger partial charge on any atom is -0.373 e. The average Bonchev–Trinajstić information content (AvgIpc) is 2.68. The van der Waals surface area contributed by atoms with E-state index in [-0.39, 0.29) is 17.6 Å². The van der Waals surface area contributed by atoms with Gasteiger partial charge in [0, 0.05) is 23.2 Å². The Balaban J connectivity index is 1.78. The number of benzene rings is 3. The molecule has 1 aliphatic carbocycles. The van der Waals surface area contributed by atoms with E-state index in [4.69, 9.17) is 0 Å². The summed E-state index contributed by atoms with van der Waals surface area (Å²) in [6.45, 7) is 0. The molecule has 1 N–H and O–H groups in total. The van der Waals surface area contributed by atoms with Crippen LogP contribution in [0.15, 0.2) is 66.2 Å². The summed E-state index contributed by atoms with van der Waals surface area (Å²) in [5.41, 5.74) is 5.14. The third kappa shape index (κ3) is 2.27. The van der Waals surface area contributed by atoms with Gasteiger partial charge in [-0.15, -0.1) is 0 Å². The van der Waals surface area contributed by atoms with Crippen molar-refractivity contribution in [2.45, 2.75) is 25.3 Å². The van der Waals surface area contributed by atoms with Gasteiger partial charge in [-0.25, -0.2) is 4.39 Å². The maximum Gasteiger partial charge on any atom is 0.161 e. The third-order valence-electron chi connectivity index (χ3n) is 5.48. The fraction of sp³-hybridized carbons (Fsp3) is 0.174. The highest BCUT2D eigenvalue weighted by Crippen LogP contribution is 2.47. The number of hydrogen-bond acceptors (Lipinski definition) is 2. The molecule has 0 unspecified atom stereocenters. The Labute approximate surface area is 151 Å². The first-order chi connectivity index (χ1) is 12.7. The van der Waals surface area contributed by atoms with E-state index in [1.807, 2.05) is 12.1 Å². The van der Waals surface area contributed by atoms with Crippen molar-refractivity contribution < 1.29 is 9.18 Å². The highest BCUT2D eigenvalue weighted by molar-refractivity contribution is 6.12. The molecule has 3 aromatic carbocycles. The second-order valence-corrected chi connectivity index (χ2v) is 7.01. The summed E-state index contributed by atoms with van der Waals surface area (Å²) in [5, 5.41) is 5.91. The molecule has 0 aromatic heterocycles. The lowest BCUT2D eigenvalue weighted by atomic mass is 9.77. The summed E-state index contributed by atoms with van der Waals surface area (Å²) in [7, 11) is 0. The molecule has 3 aromatic rings. The summed E-state index contributed by atoms with van der Waals surface area (Å²) in [5.74, 6) is -0.0632. The van der Waals surface area contributed by atoms with Gasteiger partial charge in [-0.2, -0.15) is 0 Å². The van der Waals surface area contributed by atoms with Gasteiger partial charge in [0.05, 0.1) is 6.04 Å². The van der Waals surface area contributed by atoms with Gasteiger partial charge in [0.15, 0.2) is 5.78 Å². The number of allylic oxidation sites excluding steroid dienone is 1. The smallest absolute Gasteiger partial charge is 0.161 e. The molecule has 1 atom stereocenters. The van der Waals surface area contributed by atoms with E-state index < -0.39 is 0 Å². The van der Waals surface area contributed by atoms with E-state index >= 15 is 0 Å². The summed E-state index contributed by atoms with van der Waals surface area (Å²) < 4.78 is 13.4. The largest absolute Gasteiger partial charge is 0.373 e. The van der Waals surface area contributed by atoms with Crippen molar-refractivity contribution in [2.75, 3.05) is 5.32 Å². The van der Waals surface area contributed by atoms with Crippen LogP contribution in [-0.4, -0.2) is 5.78 Å². The number of fused-ring (bicyclic) bond motifs is 4. The zero-order chi connectivity index (χ0) is 17.7. The normalized spacial score (nSPS) is 19.1. The Morgan fingerprint density at radius 3 is 2.58 bits per heavy atom. The van der Waals surface area contributed by atoms with Crippen molar-refractivity contribution in [1.29, 1.82) is 0 Å². The zero-order valence-corrected chi connectivity index (χ0v) is 14.3. The molecule has 0 spiro atoms. The fourth-order valence-corrected chi connectivity index (χ4v) is 4.31. The van der Waals surface area contributed by atoms with Crippen LogP contribution < -0.4 is 5.32 Å². The molecular formula is C23H18FNO. The van der Waals surface area contributed by atoms with Crippen LogP contribution in [0.5, 0.6) is 0 Å². The van der Waals surface area contributed by atoms with Crippen molar-refractivity contribution in [3.8, 4) is 0 Å². The number of halogens is 1. The molecule has 128 valence electrons. The highest BCUT2D eigenvalue weighted by Gasteiger charge is 2.34. The molecule has 2 nitrogen and oxygen atoms in total. The average molecular weight is 343 g/mol. The Bertz CT molecular complexity index is 1070. The van der Waals surface area contributed by atoms with Crippen LogP contribution in [0.2, 0.25) is 0 Å². The molecule has 1 aliphatic heterocycles. The van der Waals surface area contributed by atoms with Crippen LogP contribution in [0.3, 0.4) is 0 Å². The van der Waals surface area contributed by atoms with Gasteiger partial charge in [-0.05, 0) is 52.9 Å². The second kappa shape index (κ2) is 5.80. The van der Waals surface area contributed by atoms with Crippen molar-refractivity contribution in [1.82, 2.24) is 0 Å². The summed E-state index contributed by atoms with van der Waals surface area (Å²) in [6.07, 6.45) is 2.37. The maximum atomic E-state index is 13.4. The number of carbonyl (C=O) groups excluding carboxylic acids is 1. The zero-order valence-electron chi connectivity index (χ0n) is 14.3. The van der Waals surface area contributed by atoms with E-state index in [1.165, 1.54) is 22.9 Å². The number of carbonyl (C=O) groups is 1. The quantitative estimate of drug-likeness (QED) is 0.618. The SMILES string of the molecule is O=C1CCCC2=C1[C@H](c1ccc(F)cc1)Nc1ccc3ccccc3c12. The lowest BCUT2D eigenvalue weighted by molar-refractivity contribution is -0.116. The molecule has 0 radical (unpaired) electrons. The topological polar surface area (TPSA) is 29.1 Å². The summed E-state index contributed by atoms with van der Waals surface area (Å²) >= 11 is 0. The number of nitrogens with one attached hydrogen (secondary N) is 1. The number of anilines is 1. The van der Waals surface area contributed by atoms with Gasteiger partial charge < -0.3 is 5.32 Å². The Kier molecular flexibility index (Phi) is 3.42. The van der Waals surface area contributed by atoms with Gasteiger partial charge in [-0.1, -0.05) is 42.5 Å². The lowest BCUT2D eigenvalue weighted by Gasteiger charge is -2.35. The van der Waals surface area contributed by atoms with E-state index in [0.29, 0.717) is 6.42 Å². The van der Waals surface area contributed by atoms with Crippen LogP contribution in [0.4, 0.5) is 10.1 Å². The van der Waals surface area contributed by atoms with E-state index in [0.717, 1.165) is 40.8 Å². The monoisotopic (exact) mass is 343 g/mol. The molecule has 5 rings (SSSR count). The Hall–Kier alpha value is -2.94. The predicted molar refractivity (Wildman–Crippen MR) is 102 cm³/mol. The molecule has 1 heterocycles. The first kappa shape index (κ1) is 15.3.